The molecule has 0 aliphatic rings. The number of carboxylic acids is 1. The second-order valence-electron chi connectivity index (χ2n) is 0.932. The first kappa shape index (κ1) is 6.03. The van der Waals surface area contributed by atoms with Crippen LogP contribution in [0.2, 0.25) is 5.21 Å². The summed E-state index contributed by atoms with van der Waals surface area (Å²) in [4.78, 5) is 9.61. The van der Waals surface area contributed by atoms with E-state index in [9.17, 15) is 4.79 Å². The summed E-state index contributed by atoms with van der Waals surface area (Å²) in [6.07, 6.45) is 0.319. The molecule has 36 valence electrons. The summed E-state index contributed by atoms with van der Waals surface area (Å²) in [6.45, 7) is 0. The minimum atomic E-state index is -0.695. The van der Waals surface area contributed by atoms with Crippen LogP contribution in [0.15, 0.2) is 0 Å². The van der Waals surface area contributed by atoms with Crippen molar-refractivity contribution in [3.05, 3.63) is 0 Å². The van der Waals surface area contributed by atoms with Crippen LogP contribution in [0.4, 0.5) is 0 Å². The number of rotatable bonds is 2. The molecule has 0 aromatic heterocycles. The molecular formula is C3H7AsO2. The first-order valence-electron chi connectivity index (χ1n) is 1.69. The van der Waals surface area contributed by atoms with Gasteiger partial charge in [0.2, 0.25) is 0 Å². The fourth-order valence-electron chi connectivity index (χ4n) is 0.123. The first-order chi connectivity index (χ1) is 2.77. The predicted octanol–water partition coefficient (Wildman–Crippen LogP) is -0.487. The third-order valence-electron chi connectivity index (χ3n) is 0.358. The molecule has 0 radical (unpaired) electrons. The van der Waals surface area contributed by atoms with Gasteiger partial charge in [-0.3, -0.25) is 0 Å². The first-order valence-corrected chi connectivity index (χ1v) is 3.40. The van der Waals surface area contributed by atoms with Crippen LogP contribution < -0.4 is 0 Å². The van der Waals surface area contributed by atoms with Gasteiger partial charge in [0.25, 0.3) is 0 Å². The van der Waals surface area contributed by atoms with E-state index < -0.39 is 5.97 Å². The third-order valence-corrected chi connectivity index (χ3v) is 0.964. The Bertz CT molecular complexity index is 52.8. The molecule has 0 spiro atoms. The summed E-state index contributed by atoms with van der Waals surface area (Å²) in [5.41, 5.74) is 0. The zero-order valence-electron chi connectivity index (χ0n) is 3.35. The standard InChI is InChI=1S/C3H7AsO2/c4-2-1-3(5)6/h1-2,4H2,(H,5,6). The van der Waals surface area contributed by atoms with Crippen LogP contribution in [0, 0.1) is 0 Å². The molecule has 0 aromatic carbocycles. The van der Waals surface area contributed by atoms with Gasteiger partial charge in [-0.2, -0.15) is 0 Å². The summed E-state index contributed by atoms with van der Waals surface area (Å²) in [5, 5.41) is 8.72. The summed E-state index contributed by atoms with van der Waals surface area (Å²) in [6, 6.07) is 0. The van der Waals surface area contributed by atoms with Crippen molar-refractivity contribution < 1.29 is 9.90 Å². The molecule has 0 saturated carbocycles. The fourth-order valence-corrected chi connectivity index (χ4v) is 0.642. The summed E-state index contributed by atoms with van der Waals surface area (Å²) >= 11 is 1.47. The quantitative estimate of drug-likeness (QED) is 0.539. The van der Waals surface area contributed by atoms with Gasteiger partial charge in [0, 0.05) is 0 Å². The van der Waals surface area contributed by atoms with Crippen molar-refractivity contribution in [1.29, 1.82) is 0 Å². The molecule has 0 fully saturated rings. The van der Waals surface area contributed by atoms with Crippen LogP contribution in [0.5, 0.6) is 0 Å². The fraction of sp³-hybridized carbons (Fsp3) is 0.667. The second-order valence-corrected chi connectivity index (χ2v) is 2.14. The van der Waals surface area contributed by atoms with Gasteiger partial charge in [-0.25, -0.2) is 0 Å². The summed E-state index contributed by atoms with van der Waals surface area (Å²) in [7, 11) is 0. The molecule has 0 bridgehead atoms. The maximum absolute atomic E-state index is 9.61. The van der Waals surface area contributed by atoms with Crippen LogP contribution in [0.1, 0.15) is 6.42 Å². The molecule has 0 heterocycles. The van der Waals surface area contributed by atoms with Gasteiger partial charge < -0.3 is 0 Å². The van der Waals surface area contributed by atoms with E-state index in [-0.39, 0.29) is 0 Å². The molecule has 0 rings (SSSR count). The van der Waals surface area contributed by atoms with Gasteiger partial charge in [-0.15, -0.1) is 0 Å². The molecular weight excluding hydrogens is 143 g/mol. The Morgan fingerprint density at radius 1 is 1.83 bits per heavy atom. The molecule has 0 aliphatic heterocycles. The molecule has 6 heavy (non-hydrogen) atoms. The Morgan fingerprint density at radius 3 is 2.33 bits per heavy atom. The van der Waals surface area contributed by atoms with Crippen LogP contribution in [-0.2, 0) is 4.79 Å². The minimum absolute atomic E-state index is 0.319. The molecule has 0 aliphatic carbocycles. The molecule has 2 nitrogen and oxygen atoms in total. The van der Waals surface area contributed by atoms with Gasteiger partial charge in [-0.05, 0) is 0 Å². The molecule has 1 N–H and O–H groups in total. The molecule has 1 unspecified atom stereocenters. The number of carbonyl (C=O) groups is 1. The van der Waals surface area contributed by atoms with Crippen LogP contribution >= 0.6 is 0 Å². The van der Waals surface area contributed by atoms with E-state index in [1.54, 1.807) is 0 Å². The Morgan fingerprint density at radius 2 is 2.33 bits per heavy atom. The van der Waals surface area contributed by atoms with Gasteiger partial charge in [0.15, 0.2) is 0 Å². The SMILES string of the molecule is O=C(O)CC[AsH2]. The van der Waals surface area contributed by atoms with Crippen molar-refractivity contribution in [2.45, 2.75) is 11.6 Å². The Balaban J connectivity index is 2.83. The van der Waals surface area contributed by atoms with E-state index in [0.717, 1.165) is 5.21 Å². The van der Waals surface area contributed by atoms with E-state index in [1.807, 2.05) is 0 Å². The van der Waals surface area contributed by atoms with Crippen molar-refractivity contribution in [1.82, 2.24) is 0 Å². The number of hydrogen-bond acceptors (Lipinski definition) is 1. The Hall–Kier alpha value is 0.0284. The van der Waals surface area contributed by atoms with Crippen molar-refractivity contribution in [2.75, 3.05) is 0 Å². The van der Waals surface area contributed by atoms with E-state index in [0.29, 0.717) is 6.42 Å². The van der Waals surface area contributed by atoms with E-state index in [1.165, 1.54) is 16.9 Å². The molecule has 0 saturated heterocycles. The second kappa shape index (κ2) is 3.23. The van der Waals surface area contributed by atoms with Crippen LogP contribution in [0.25, 0.3) is 0 Å². The number of carboxylic acid groups (broad SMARTS) is 1. The van der Waals surface area contributed by atoms with Gasteiger partial charge in [0.1, 0.15) is 0 Å². The third kappa shape index (κ3) is 4.03. The van der Waals surface area contributed by atoms with Crippen molar-refractivity contribution in [2.24, 2.45) is 0 Å². The normalized spacial score (nSPS) is 8.17. The molecule has 1 atom stereocenters. The zero-order valence-corrected chi connectivity index (χ0v) is 5.77. The Kier molecular flexibility index (Phi) is 3.24. The van der Waals surface area contributed by atoms with E-state index in [4.69, 9.17) is 5.11 Å². The summed E-state index contributed by atoms with van der Waals surface area (Å²) in [5.74, 6) is -0.695. The topological polar surface area (TPSA) is 37.3 Å². The van der Waals surface area contributed by atoms with Gasteiger partial charge in [-0.1, -0.05) is 0 Å². The van der Waals surface area contributed by atoms with Gasteiger partial charge in [0.05, 0.1) is 0 Å². The predicted molar refractivity (Wildman–Crippen MR) is 25.6 cm³/mol. The summed E-state index contributed by atoms with van der Waals surface area (Å²) < 4.78 is 0. The van der Waals surface area contributed by atoms with Crippen molar-refractivity contribution in [3.63, 3.8) is 0 Å². The van der Waals surface area contributed by atoms with Crippen molar-refractivity contribution in [3.8, 4) is 0 Å². The zero-order chi connectivity index (χ0) is 4.99. The number of aliphatic carboxylic acids is 1. The van der Waals surface area contributed by atoms with E-state index in [2.05, 4.69) is 0 Å². The van der Waals surface area contributed by atoms with Gasteiger partial charge >= 0.3 is 44.4 Å². The molecule has 0 aromatic rings. The van der Waals surface area contributed by atoms with Crippen LogP contribution in [-0.4, -0.2) is 27.9 Å². The maximum atomic E-state index is 9.61. The Labute approximate surface area is 45.0 Å². The molecule has 3 heteroatoms. The average molecular weight is 150 g/mol. The van der Waals surface area contributed by atoms with E-state index >= 15 is 0 Å². The van der Waals surface area contributed by atoms with Crippen molar-refractivity contribution >= 4 is 22.8 Å². The number of hydrogen-bond donors (Lipinski definition) is 1. The molecule has 0 amide bonds. The van der Waals surface area contributed by atoms with Crippen LogP contribution in [0.3, 0.4) is 0 Å². The average Bonchev–Trinajstić information content (AvgIpc) is 1.35. The monoisotopic (exact) mass is 150 g/mol.